The molecule has 2 aromatic carbocycles. The molecule has 1 atom stereocenters. The van der Waals surface area contributed by atoms with Crippen molar-refractivity contribution in [3.63, 3.8) is 0 Å². The molecule has 0 spiro atoms. The number of ether oxygens (including phenoxy) is 3. The average Bonchev–Trinajstić information content (AvgIpc) is 3.17. The number of likely N-dealkylation sites (N-methyl/N-ethyl adjacent to an activating group) is 1. The lowest BCUT2D eigenvalue weighted by Gasteiger charge is -2.40. The number of rotatable bonds is 15. The molecule has 0 saturated carbocycles. The van der Waals surface area contributed by atoms with Crippen molar-refractivity contribution in [1.29, 1.82) is 0 Å². The zero-order chi connectivity index (χ0) is 39.4. The van der Waals surface area contributed by atoms with Crippen LogP contribution in [0.5, 0.6) is 0 Å². The third-order valence-electron chi connectivity index (χ3n) is 8.97. The summed E-state index contributed by atoms with van der Waals surface area (Å²) in [5.41, 5.74) is 3.69. The summed E-state index contributed by atoms with van der Waals surface area (Å²) in [7, 11) is 5.39. The number of benzene rings is 2. The van der Waals surface area contributed by atoms with Crippen LogP contribution in [0.15, 0.2) is 85.2 Å². The first-order valence-electron chi connectivity index (χ1n) is 18.4. The largest absolute Gasteiger partial charge is 0.460 e. The normalized spacial score (nSPS) is 14.6. The molecule has 0 radical (unpaired) electrons. The van der Waals surface area contributed by atoms with Gasteiger partial charge in [-0.15, -0.1) is 0 Å². The minimum absolute atomic E-state index is 0.0170. The maximum atomic E-state index is 13.4. The maximum Gasteiger partial charge on any atom is 0.410 e. The molecule has 1 N–H and O–H groups in total. The molecule has 0 aliphatic carbocycles. The molecule has 14 heteroatoms. The van der Waals surface area contributed by atoms with E-state index < -0.39 is 23.7 Å². The van der Waals surface area contributed by atoms with Gasteiger partial charge in [0, 0.05) is 71.0 Å². The summed E-state index contributed by atoms with van der Waals surface area (Å²) in [5.74, 6) is 0.653. The zero-order valence-corrected chi connectivity index (χ0v) is 32.6. The van der Waals surface area contributed by atoms with Crippen molar-refractivity contribution in [3.8, 4) is 11.3 Å². The minimum atomic E-state index is -0.814. The lowest BCUT2D eigenvalue weighted by atomic mass is 10.1. The molecule has 292 valence electrons. The van der Waals surface area contributed by atoms with Gasteiger partial charge in [0.25, 0.3) is 0 Å². The number of nitrogens with zero attached hydrogens (tertiary/aromatic N) is 7. The third kappa shape index (κ3) is 12.2. The quantitative estimate of drug-likeness (QED) is 0.156. The topological polar surface area (TPSA) is 143 Å². The molecule has 1 fully saturated rings. The van der Waals surface area contributed by atoms with Gasteiger partial charge in [-0.1, -0.05) is 42.5 Å². The average molecular weight is 753 g/mol. The second kappa shape index (κ2) is 19.1. The highest BCUT2D eigenvalue weighted by Crippen LogP contribution is 2.22. The van der Waals surface area contributed by atoms with Gasteiger partial charge in [0.05, 0.1) is 25.4 Å². The van der Waals surface area contributed by atoms with E-state index in [4.69, 9.17) is 14.2 Å². The molecular weight excluding hydrogens is 701 g/mol. The minimum Gasteiger partial charge on any atom is -0.460 e. The Morgan fingerprint density at radius 1 is 0.909 bits per heavy atom. The van der Waals surface area contributed by atoms with Gasteiger partial charge in [-0.05, 0) is 68.7 Å². The molecular formula is C41H52N8O6. The monoisotopic (exact) mass is 752 g/mol. The summed E-state index contributed by atoms with van der Waals surface area (Å²) in [6.45, 7) is 7.91. The lowest BCUT2D eigenvalue weighted by Crippen LogP contribution is -2.60. The number of methoxy groups -OCH3 is 1. The van der Waals surface area contributed by atoms with Gasteiger partial charge < -0.3 is 34.2 Å². The van der Waals surface area contributed by atoms with Crippen LogP contribution in [0.4, 0.5) is 22.2 Å². The van der Waals surface area contributed by atoms with Crippen molar-refractivity contribution in [1.82, 2.24) is 29.7 Å². The number of nitrogens with one attached hydrogen (secondary N) is 1. The predicted molar refractivity (Wildman–Crippen MR) is 211 cm³/mol. The maximum absolute atomic E-state index is 13.4. The molecule has 3 heterocycles. The number of hydrogen-bond donors (Lipinski definition) is 1. The fraction of sp³-hybridized carbons (Fsp3) is 0.415. The van der Waals surface area contributed by atoms with Gasteiger partial charge >= 0.3 is 12.1 Å². The number of pyridine rings is 1. The van der Waals surface area contributed by atoms with E-state index in [0.29, 0.717) is 45.2 Å². The Hall–Kier alpha value is -5.60. The molecule has 1 aliphatic rings. The molecule has 2 amide bonds. The SMILES string of the molecule is COCc1cccc(Nc2nccc(-c3ccc(N(C)CCCN(C)C(=O)CN4CCN(C(=O)OC(C)(C)C)CC4C(=O)OCc4ccccc4)nc3)n2)c1. The number of carbonyl (C=O) groups excluding carboxylic acids is 3. The Bertz CT molecular complexity index is 1870. The number of esters is 1. The van der Waals surface area contributed by atoms with Crippen LogP contribution in [-0.2, 0) is 37.0 Å². The Morgan fingerprint density at radius 2 is 1.69 bits per heavy atom. The van der Waals surface area contributed by atoms with Gasteiger partial charge in [-0.25, -0.2) is 19.7 Å². The highest BCUT2D eigenvalue weighted by Gasteiger charge is 2.38. The fourth-order valence-corrected chi connectivity index (χ4v) is 6.01. The molecule has 1 aliphatic heterocycles. The van der Waals surface area contributed by atoms with E-state index in [2.05, 4.69) is 20.3 Å². The van der Waals surface area contributed by atoms with Gasteiger partial charge in [-0.2, -0.15) is 0 Å². The first-order chi connectivity index (χ1) is 26.4. The van der Waals surface area contributed by atoms with Crippen molar-refractivity contribution in [2.75, 3.05) is 70.7 Å². The highest BCUT2D eigenvalue weighted by atomic mass is 16.6. The Kier molecular flexibility index (Phi) is 14.1. The summed E-state index contributed by atoms with van der Waals surface area (Å²) < 4.78 is 16.5. The van der Waals surface area contributed by atoms with Gasteiger partial charge in [0.15, 0.2) is 0 Å². The van der Waals surface area contributed by atoms with Crippen molar-refractivity contribution in [3.05, 3.63) is 96.3 Å². The van der Waals surface area contributed by atoms with Crippen LogP contribution in [0, 0.1) is 0 Å². The fourth-order valence-electron chi connectivity index (χ4n) is 6.01. The summed E-state index contributed by atoms with van der Waals surface area (Å²) in [4.78, 5) is 60.4. The van der Waals surface area contributed by atoms with Crippen LogP contribution in [0.1, 0.15) is 38.3 Å². The first kappa shape index (κ1) is 40.6. The highest BCUT2D eigenvalue weighted by molar-refractivity contribution is 5.81. The number of anilines is 3. The van der Waals surface area contributed by atoms with Crippen LogP contribution in [0.25, 0.3) is 11.3 Å². The number of hydrogen-bond acceptors (Lipinski definition) is 12. The second-order valence-electron chi connectivity index (χ2n) is 14.5. The molecule has 5 rings (SSSR count). The van der Waals surface area contributed by atoms with Crippen LogP contribution in [0.2, 0.25) is 0 Å². The van der Waals surface area contributed by atoms with Crippen LogP contribution in [-0.4, -0.2) is 120 Å². The van der Waals surface area contributed by atoms with Crippen molar-refractivity contribution in [2.45, 2.75) is 52.0 Å². The van der Waals surface area contributed by atoms with Crippen LogP contribution >= 0.6 is 0 Å². The van der Waals surface area contributed by atoms with Crippen molar-refractivity contribution < 1.29 is 28.6 Å². The van der Waals surface area contributed by atoms with Gasteiger partial charge in [0.2, 0.25) is 11.9 Å². The van der Waals surface area contributed by atoms with E-state index in [1.54, 1.807) is 57.1 Å². The van der Waals surface area contributed by atoms with E-state index in [1.807, 2.05) is 84.7 Å². The summed E-state index contributed by atoms with van der Waals surface area (Å²) in [5, 5.41) is 3.26. The van der Waals surface area contributed by atoms with Crippen LogP contribution in [0.3, 0.4) is 0 Å². The smallest absolute Gasteiger partial charge is 0.410 e. The first-order valence-corrected chi connectivity index (χ1v) is 18.4. The molecule has 55 heavy (non-hydrogen) atoms. The number of amides is 2. The van der Waals surface area contributed by atoms with Gasteiger partial charge in [-0.3, -0.25) is 14.5 Å². The zero-order valence-electron chi connectivity index (χ0n) is 32.6. The van der Waals surface area contributed by atoms with Gasteiger partial charge in [0.1, 0.15) is 24.1 Å². The van der Waals surface area contributed by atoms with Crippen molar-refractivity contribution in [2.24, 2.45) is 0 Å². The summed E-state index contributed by atoms with van der Waals surface area (Å²) in [6.07, 6.45) is 3.70. The standard InChI is InChI=1S/C41H52N8O6/c1-41(2,3)55-40(52)49-23-22-48(35(26-49)38(51)54-29-30-12-8-7-9-13-30)27-37(50)47(5)21-11-20-46(4)36-17-16-32(25-43-36)34-18-19-42-39(45-34)44-33-15-10-14-31(24-33)28-53-6/h7-10,12-19,24-25,35H,11,20-23,26-29H2,1-6H3,(H,42,44,45). The van der Waals surface area contributed by atoms with E-state index in [9.17, 15) is 14.4 Å². The predicted octanol–water partition coefficient (Wildman–Crippen LogP) is 5.38. The molecule has 4 aromatic rings. The summed E-state index contributed by atoms with van der Waals surface area (Å²) >= 11 is 0. The van der Waals surface area contributed by atoms with Crippen LogP contribution < -0.4 is 10.2 Å². The lowest BCUT2D eigenvalue weighted by molar-refractivity contribution is -0.154. The molecule has 2 aromatic heterocycles. The number of carbonyl (C=O) groups is 3. The Balaban J connectivity index is 1.12. The molecule has 1 saturated heterocycles. The molecule has 0 bridgehead atoms. The second-order valence-corrected chi connectivity index (χ2v) is 14.5. The third-order valence-corrected chi connectivity index (χ3v) is 8.97. The van der Waals surface area contributed by atoms with Crippen molar-refractivity contribution >= 4 is 35.4 Å². The Morgan fingerprint density at radius 3 is 2.42 bits per heavy atom. The molecule has 14 nitrogen and oxygen atoms in total. The molecule has 1 unspecified atom stereocenters. The van der Waals surface area contributed by atoms with E-state index in [-0.39, 0.29) is 25.6 Å². The number of aromatic nitrogens is 3. The Labute approximate surface area is 323 Å². The number of piperazine rings is 1. The summed E-state index contributed by atoms with van der Waals surface area (Å²) in [6, 6.07) is 22.2. The van der Waals surface area contributed by atoms with E-state index in [0.717, 1.165) is 33.9 Å². The van der Waals surface area contributed by atoms with E-state index >= 15 is 0 Å². The van der Waals surface area contributed by atoms with E-state index in [1.165, 1.54) is 4.90 Å².